The number of rotatable bonds is 5. The summed E-state index contributed by atoms with van der Waals surface area (Å²) in [5.41, 5.74) is 14.7. The van der Waals surface area contributed by atoms with Gasteiger partial charge < -0.3 is 0 Å². The molecule has 2 heterocycles. The van der Waals surface area contributed by atoms with E-state index in [0.29, 0.717) is 5.82 Å². The zero-order valence-corrected chi connectivity index (χ0v) is 27.4. The summed E-state index contributed by atoms with van der Waals surface area (Å²) in [5, 5.41) is 2.58. The van der Waals surface area contributed by atoms with E-state index in [-0.39, 0.29) is 5.41 Å². The highest BCUT2D eigenvalue weighted by Crippen LogP contribution is 2.54. The zero-order valence-electron chi connectivity index (χ0n) is 27.4. The van der Waals surface area contributed by atoms with Crippen LogP contribution in [0.2, 0.25) is 0 Å². The number of benzene rings is 6. The van der Waals surface area contributed by atoms with Crippen LogP contribution in [0.25, 0.3) is 78.1 Å². The summed E-state index contributed by atoms with van der Waals surface area (Å²) in [6, 6.07) is 53.9. The van der Waals surface area contributed by atoms with E-state index in [9.17, 15) is 0 Å². The predicted octanol–water partition coefficient (Wildman–Crippen LogP) is 11.7. The maximum Gasteiger partial charge on any atom is 0.160 e. The standard InChI is InChI=1S/C46H33N3/c1-46(2)40-14-8-13-38(43(40)39-24-23-34-11-6-7-12-37(34)44(39)46)42-29-41(35-19-15-32(16-20-35)33-25-27-47-28-26-33)48-45(49-42)36-21-17-31(18-22-36)30-9-4-3-5-10-30/h3-29H,1-2H3. The van der Waals surface area contributed by atoms with Gasteiger partial charge in [-0.3, -0.25) is 4.98 Å². The first-order chi connectivity index (χ1) is 24.0. The Morgan fingerprint density at radius 1 is 0.449 bits per heavy atom. The van der Waals surface area contributed by atoms with Gasteiger partial charge in [-0.2, -0.15) is 0 Å². The van der Waals surface area contributed by atoms with Crippen molar-refractivity contribution in [1.29, 1.82) is 0 Å². The number of nitrogens with zero attached hydrogens (tertiary/aromatic N) is 3. The van der Waals surface area contributed by atoms with Crippen molar-refractivity contribution in [3.63, 3.8) is 0 Å². The summed E-state index contributed by atoms with van der Waals surface area (Å²) in [6.45, 7) is 4.70. The van der Waals surface area contributed by atoms with Crippen LogP contribution in [0.3, 0.4) is 0 Å². The molecule has 0 saturated heterocycles. The molecular formula is C46H33N3. The van der Waals surface area contributed by atoms with E-state index in [0.717, 1.165) is 39.2 Å². The van der Waals surface area contributed by atoms with Gasteiger partial charge in [-0.25, -0.2) is 9.97 Å². The SMILES string of the molecule is CC1(C)c2cccc(-c3cc(-c4ccc(-c5ccncc5)cc4)nc(-c4ccc(-c5ccccc5)cc4)n3)c2-c2ccc3ccccc3c21. The Morgan fingerprint density at radius 3 is 1.82 bits per heavy atom. The monoisotopic (exact) mass is 627 g/mol. The fourth-order valence-electron chi connectivity index (χ4n) is 7.55. The molecule has 9 rings (SSSR count). The number of pyridine rings is 1. The third-order valence-corrected chi connectivity index (χ3v) is 10.0. The van der Waals surface area contributed by atoms with Gasteiger partial charge in [-0.05, 0) is 73.5 Å². The van der Waals surface area contributed by atoms with Crippen LogP contribution in [-0.4, -0.2) is 15.0 Å². The minimum Gasteiger partial charge on any atom is -0.265 e. The molecule has 232 valence electrons. The minimum atomic E-state index is -0.156. The fraction of sp³-hybridized carbons (Fsp3) is 0.0652. The molecule has 49 heavy (non-hydrogen) atoms. The van der Waals surface area contributed by atoms with Gasteiger partial charge in [-0.15, -0.1) is 0 Å². The van der Waals surface area contributed by atoms with Crippen molar-refractivity contribution in [3.8, 4) is 67.3 Å². The van der Waals surface area contributed by atoms with Crippen LogP contribution in [0.5, 0.6) is 0 Å². The predicted molar refractivity (Wildman–Crippen MR) is 202 cm³/mol. The van der Waals surface area contributed by atoms with Gasteiger partial charge >= 0.3 is 0 Å². The molecule has 0 aliphatic heterocycles. The van der Waals surface area contributed by atoms with E-state index in [4.69, 9.17) is 9.97 Å². The van der Waals surface area contributed by atoms with Crippen molar-refractivity contribution in [2.45, 2.75) is 19.3 Å². The van der Waals surface area contributed by atoms with Crippen molar-refractivity contribution in [1.82, 2.24) is 15.0 Å². The highest BCUT2D eigenvalue weighted by molar-refractivity contribution is 6.01. The van der Waals surface area contributed by atoms with Crippen LogP contribution in [0, 0.1) is 0 Å². The molecule has 6 aromatic carbocycles. The summed E-state index contributed by atoms with van der Waals surface area (Å²) in [4.78, 5) is 14.7. The van der Waals surface area contributed by atoms with Crippen molar-refractivity contribution in [3.05, 3.63) is 175 Å². The van der Waals surface area contributed by atoms with E-state index in [1.807, 2.05) is 30.6 Å². The lowest BCUT2D eigenvalue weighted by Crippen LogP contribution is -2.15. The molecule has 0 N–H and O–H groups in total. The average molecular weight is 628 g/mol. The summed E-state index contributed by atoms with van der Waals surface area (Å²) < 4.78 is 0. The van der Waals surface area contributed by atoms with Gasteiger partial charge in [0.2, 0.25) is 0 Å². The highest BCUT2D eigenvalue weighted by atomic mass is 14.9. The maximum atomic E-state index is 5.31. The summed E-state index contributed by atoms with van der Waals surface area (Å²) in [7, 11) is 0. The molecule has 0 fully saturated rings. The number of fused-ring (bicyclic) bond motifs is 5. The second-order valence-corrected chi connectivity index (χ2v) is 13.3. The van der Waals surface area contributed by atoms with Gasteiger partial charge in [0.1, 0.15) is 0 Å². The number of aromatic nitrogens is 3. The first-order valence-corrected chi connectivity index (χ1v) is 16.8. The first-order valence-electron chi connectivity index (χ1n) is 16.8. The molecule has 0 atom stereocenters. The lowest BCUT2D eigenvalue weighted by molar-refractivity contribution is 0.666. The van der Waals surface area contributed by atoms with Gasteiger partial charge in [-0.1, -0.05) is 147 Å². The van der Waals surface area contributed by atoms with E-state index in [1.54, 1.807) is 0 Å². The van der Waals surface area contributed by atoms with Crippen LogP contribution < -0.4 is 0 Å². The zero-order chi connectivity index (χ0) is 33.0. The Labute approximate surface area is 286 Å². The quantitative estimate of drug-likeness (QED) is 0.191. The molecule has 1 aliphatic rings. The second-order valence-electron chi connectivity index (χ2n) is 13.3. The Bertz CT molecular complexity index is 2380. The Hall–Kier alpha value is -6.19. The molecule has 0 amide bonds. The fourth-order valence-corrected chi connectivity index (χ4v) is 7.55. The Balaban J connectivity index is 1.22. The molecule has 8 aromatic rings. The van der Waals surface area contributed by atoms with Crippen LogP contribution in [-0.2, 0) is 5.41 Å². The van der Waals surface area contributed by atoms with E-state index < -0.39 is 0 Å². The maximum absolute atomic E-state index is 5.31. The summed E-state index contributed by atoms with van der Waals surface area (Å²) >= 11 is 0. The molecule has 0 spiro atoms. The van der Waals surface area contributed by atoms with Gasteiger partial charge in [0.25, 0.3) is 0 Å². The number of hydrogen-bond acceptors (Lipinski definition) is 3. The first kappa shape index (κ1) is 29.0. The van der Waals surface area contributed by atoms with Crippen molar-refractivity contribution in [2.75, 3.05) is 0 Å². The Morgan fingerprint density at radius 2 is 1.06 bits per heavy atom. The van der Waals surface area contributed by atoms with Crippen molar-refractivity contribution >= 4 is 10.8 Å². The molecule has 2 aromatic heterocycles. The van der Waals surface area contributed by atoms with Crippen LogP contribution >= 0.6 is 0 Å². The number of hydrogen-bond donors (Lipinski definition) is 0. The summed E-state index contributed by atoms with van der Waals surface area (Å²) in [5.74, 6) is 0.707. The topological polar surface area (TPSA) is 38.7 Å². The molecule has 1 aliphatic carbocycles. The lowest BCUT2D eigenvalue weighted by atomic mass is 9.80. The smallest absolute Gasteiger partial charge is 0.160 e. The summed E-state index contributed by atoms with van der Waals surface area (Å²) in [6.07, 6.45) is 3.66. The van der Waals surface area contributed by atoms with Crippen LogP contribution in [0.1, 0.15) is 25.0 Å². The molecule has 3 nitrogen and oxygen atoms in total. The molecule has 0 unspecified atom stereocenters. The Kier molecular flexibility index (Phi) is 6.80. The van der Waals surface area contributed by atoms with Crippen molar-refractivity contribution in [2.24, 2.45) is 0 Å². The third kappa shape index (κ3) is 4.94. The van der Waals surface area contributed by atoms with Crippen LogP contribution in [0.4, 0.5) is 0 Å². The third-order valence-electron chi connectivity index (χ3n) is 10.0. The highest BCUT2D eigenvalue weighted by Gasteiger charge is 2.38. The molecule has 0 bridgehead atoms. The average Bonchev–Trinajstić information content (AvgIpc) is 3.42. The van der Waals surface area contributed by atoms with Crippen molar-refractivity contribution < 1.29 is 0 Å². The van der Waals surface area contributed by atoms with E-state index in [1.165, 1.54) is 44.2 Å². The van der Waals surface area contributed by atoms with E-state index >= 15 is 0 Å². The second kappa shape index (κ2) is 11.5. The minimum absolute atomic E-state index is 0.156. The van der Waals surface area contributed by atoms with Gasteiger partial charge in [0.05, 0.1) is 11.4 Å². The molecule has 0 saturated carbocycles. The molecule has 3 heteroatoms. The molecular weight excluding hydrogens is 595 g/mol. The van der Waals surface area contributed by atoms with Gasteiger partial charge in [0, 0.05) is 34.5 Å². The van der Waals surface area contributed by atoms with Crippen LogP contribution in [0.15, 0.2) is 164 Å². The van der Waals surface area contributed by atoms with Gasteiger partial charge in [0.15, 0.2) is 5.82 Å². The van der Waals surface area contributed by atoms with E-state index in [2.05, 4.69) is 152 Å². The largest absolute Gasteiger partial charge is 0.265 e. The normalized spacial score (nSPS) is 12.9. The lowest BCUT2D eigenvalue weighted by Gasteiger charge is -2.23. The molecule has 0 radical (unpaired) electrons.